The fourth-order valence-corrected chi connectivity index (χ4v) is 1.80. The first-order chi connectivity index (χ1) is 8.08. The first kappa shape index (κ1) is 13.6. The highest BCUT2D eigenvalue weighted by molar-refractivity contribution is 5.99. The summed E-state index contributed by atoms with van der Waals surface area (Å²) in [5, 5.41) is 2.94. The first-order valence-electron chi connectivity index (χ1n) is 6.22. The van der Waals surface area contributed by atoms with Crippen LogP contribution in [0.25, 0.3) is 0 Å². The summed E-state index contributed by atoms with van der Waals surface area (Å²) in [6.45, 7) is 6.96. The fourth-order valence-electron chi connectivity index (χ4n) is 1.80. The van der Waals surface area contributed by atoms with Gasteiger partial charge in [-0.15, -0.1) is 0 Å². The van der Waals surface area contributed by atoms with Gasteiger partial charge in [-0.2, -0.15) is 0 Å². The number of carbonyl (C=O) groups excluding carboxylic acids is 1. The molecule has 3 heteroatoms. The minimum absolute atomic E-state index is 0.0746. The van der Waals surface area contributed by atoms with E-state index in [-0.39, 0.29) is 5.91 Å². The number of nitrogens with two attached hydrogens (primary N) is 1. The van der Waals surface area contributed by atoms with Crippen molar-refractivity contribution in [2.75, 3.05) is 12.3 Å². The van der Waals surface area contributed by atoms with Crippen LogP contribution in [0.4, 0.5) is 5.69 Å². The molecular formula is C14H22N2O. The molecular weight excluding hydrogens is 212 g/mol. The number of hydrogen-bond donors (Lipinski definition) is 2. The minimum Gasteiger partial charge on any atom is -0.398 e. The number of rotatable bonds is 5. The molecule has 94 valence electrons. The van der Waals surface area contributed by atoms with E-state index in [4.69, 9.17) is 5.73 Å². The number of aryl methyl sites for hydroxylation is 1. The molecule has 0 atom stereocenters. The van der Waals surface area contributed by atoms with Gasteiger partial charge >= 0.3 is 0 Å². The lowest BCUT2D eigenvalue weighted by molar-refractivity contribution is 0.0947. The average molecular weight is 234 g/mol. The SMILES string of the molecule is CCC(CC)CNC(=O)c1ccc(C)cc1N. The van der Waals surface area contributed by atoms with Crippen LogP contribution in [-0.4, -0.2) is 12.5 Å². The molecule has 0 aliphatic rings. The second-order valence-electron chi connectivity index (χ2n) is 4.48. The molecule has 0 heterocycles. The second-order valence-corrected chi connectivity index (χ2v) is 4.48. The third kappa shape index (κ3) is 3.77. The van der Waals surface area contributed by atoms with Gasteiger partial charge in [-0.1, -0.05) is 32.8 Å². The Kier molecular flexibility index (Phi) is 5.01. The fraction of sp³-hybridized carbons (Fsp3) is 0.500. The molecule has 3 nitrogen and oxygen atoms in total. The molecule has 0 aliphatic carbocycles. The van der Waals surface area contributed by atoms with E-state index >= 15 is 0 Å². The highest BCUT2D eigenvalue weighted by Gasteiger charge is 2.11. The highest BCUT2D eigenvalue weighted by Crippen LogP contribution is 2.14. The maximum Gasteiger partial charge on any atom is 0.253 e. The third-order valence-corrected chi connectivity index (χ3v) is 3.16. The normalized spacial score (nSPS) is 10.6. The highest BCUT2D eigenvalue weighted by atomic mass is 16.1. The van der Waals surface area contributed by atoms with Crippen LogP contribution < -0.4 is 11.1 Å². The van der Waals surface area contributed by atoms with E-state index in [9.17, 15) is 4.79 Å². The molecule has 0 aliphatic heterocycles. The van der Waals surface area contributed by atoms with Crippen LogP contribution in [0.5, 0.6) is 0 Å². The number of hydrogen-bond acceptors (Lipinski definition) is 2. The van der Waals surface area contributed by atoms with Gasteiger partial charge in [-0.05, 0) is 30.5 Å². The number of nitrogens with one attached hydrogen (secondary N) is 1. The summed E-state index contributed by atoms with van der Waals surface area (Å²) in [5.41, 5.74) is 8.02. The minimum atomic E-state index is -0.0746. The predicted octanol–water partition coefficient (Wildman–Crippen LogP) is 2.74. The molecule has 0 bridgehead atoms. The molecule has 0 radical (unpaired) electrons. The molecule has 0 saturated heterocycles. The topological polar surface area (TPSA) is 55.1 Å². The molecule has 0 saturated carbocycles. The molecule has 0 fully saturated rings. The average Bonchev–Trinajstić information content (AvgIpc) is 2.30. The van der Waals surface area contributed by atoms with Crippen molar-refractivity contribution in [1.29, 1.82) is 0 Å². The van der Waals surface area contributed by atoms with E-state index in [0.29, 0.717) is 17.2 Å². The summed E-state index contributed by atoms with van der Waals surface area (Å²) < 4.78 is 0. The molecule has 0 aromatic heterocycles. The van der Waals surface area contributed by atoms with E-state index in [0.717, 1.165) is 24.9 Å². The molecule has 17 heavy (non-hydrogen) atoms. The lowest BCUT2D eigenvalue weighted by Crippen LogP contribution is -2.29. The molecule has 0 spiro atoms. The first-order valence-corrected chi connectivity index (χ1v) is 6.22. The van der Waals surface area contributed by atoms with Crippen molar-refractivity contribution in [2.24, 2.45) is 5.92 Å². The maximum atomic E-state index is 11.9. The summed E-state index contributed by atoms with van der Waals surface area (Å²) in [6.07, 6.45) is 2.17. The van der Waals surface area contributed by atoms with Gasteiger partial charge in [0.1, 0.15) is 0 Å². The molecule has 1 amide bonds. The second kappa shape index (κ2) is 6.28. The molecule has 1 aromatic carbocycles. The number of benzene rings is 1. The zero-order chi connectivity index (χ0) is 12.8. The van der Waals surface area contributed by atoms with Crippen molar-refractivity contribution in [3.8, 4) is 0 Å². The van der Waals surface area contributed by atoms with Gasteiger partial charge in [-0.3, -0.25) is 4.79 Å². The van der Waals surface area contributed by atoms with E-state index in [1.807, 2.05) is 19.1 Å². The van der Waals surface area contributed by atoms with Gasteiger partial charge in [0.05, 0.1) is 5.56 Å². The molecule has 1 aromatic rings. The molecule has 1 rings (SSSR count). The molecule has 3 N–H and O–H groups in total. The summed E-state index contributed by atoms with van der Waals surface area (Å²) in [4.78, 5) is 11.9. The van der Waals surface area contributed by atoms with Crippen molar-refractivity contribution in [2.45, 2.75) is 33.6 Å². The Morgan fingerprint density at radius 1 is 1.35 bits per heavy atom. The van der Waals surface area contributed by atoms with Crippen molar-refractivity contribution in [3.05, 3.63) is 29.3 Å². The summed E-state index contributed by atoms with van der Waals surface area (Å²) in [7, 11) is 0. The van der Waals surface area contributed by atoms with Crippen LogP contribution in [-0.2, 0) is 0 Å². The summed E-state index contributed by atoms with van der Waals surface area (Å²) in [6, 6.07) is 5.52. The quantitative estimate of drug-likeness (QED) is 0.770. The van der Waals surface area contributed by atoms with E-state index in [2.05, 4.69) is 19.2 Å². The smallest absolute Gasteiger partial charge is 0.253 e. The number of nitrogen functional groups attached to an aromatic ring is 1. The van der Waals surface area contributed by atoms with Gasteiger partial charge in [0.2, 0.25) is 0 Å². The summed E-state index contributed by atoms with van der Waals surface area (Å²) in [5.74, 6) is 0.472. The number of carbonyl (C=O) groups is 1. The largest absolute Gasteiger partial charge is 0.398 e. The lowest BCUT2D eigenvalue weighted by Gasteiger charge is -2.14. The summed E-state index contributed by atoms with van der Waals surface area (Å²) >= 11 is 0. The van der Waals surface area contributed by atoms with E-state index < -0.39 is 0 Å². The van der Waals surface area contributed by atoms with Gasteiger partial charge in [-0.25, -0.2) is 0 Å². The third-order valence-electron chi connectivity index (χ3n) is 3.16. The van der Waals surface area contributed by atoms with Crippen LogP contribution >= 0.6 is 0 Å². The zero-order valence-corrected chi connectivity index (χ0v) is 10.9. The van der Waals surface area contributed by atoms with Crippen LogP contribution in [0.2, 0.25) is 0 Å². The Balaban J connectivity index is 2.64. The standard InChI is InChI=1S/C14H22N2O/c1-4-11(5-2)9-16-14(17)12-7-6-10(3)8-13(12)15/h6-8,11H,4-5,9,15H2,1-3H3,(H,16,17). The van der Waals surface area contributed by atoms with E-state index in [1.54, 1.807) is 6.07 Å². The van der Waals surface area contributed by atoms with Crippen LogP contribution in [0.15, 0.2) is 18.2 Å². The van der Waals surface area contributed by atoms with Gasteiger partial charge in [0.25, 0.3) is 5.91 Å². The van der Waals surface area contributed by atoms with E-state index in [1.165, 1.54) is 0 Å². The van der Waals surface area contributed by atoms with Crippen molar-refractivity contribution in [1.82, 2.24) is 5.32 Å². The molecule has 0 unspecified atom stereocenters. The maximum absolute atomic E-state index is 11.9. The Bertz CT molecular complexity index is 384. The van der Waals surface area contributed by atoms with Gasteiger partial charge in [0, 0.05) is 12.2 Å². The number of anilines is 1. The van der Waals surface area contributed by atoms with Crippen LogP contribution in [0.1, 0.15) is 42.6 Å². The predicted molar refractivity (Wildman–Crippen MR) is 72.0 cm³/mol. The Hall–Kier alpha value is -1.51. The number of amides is 1. The Labute approximate surface area is 103 Å². The van der Waals surface area contributed by atoms with Crippen LogP contribution in [0, 0.1) is 12.8 Å². The zero-order valence-electron chi connectivity index (χ0n) is 10.9. The van der Waals surface area contributed by atoms with Crippen molar-refractivity contribution >= 4 is 11.6 Å². The Morgan fingerprint density at radius 2 is 2.00 bits per heavy atom. The van der Waals surface area contributed by atoms with Crippen LogP contribution in [0.3, 0.4) is 0 Å². The monoisotopic (exact) mass is 234 g/mol. The lowest BCUT2D eigenvalue weighted by atomic mass is 10.0. The van der Waals surface area contributed by atoms with Gasteiger partial charge < -0.3 is 11.1 Å². The van der Waals surface area contributed by atoms with Gasteiger partial charge in [0.15, 0.2) is 0 Å². The van der Waals surface area contributed by atoms with Crippen molar-refractivity contribution < 1.29 is 4.79 Å². The Morgan fingerprint density at radius 3 is 2.53 bits per heavy atom. The van der Waals surface area contributed by atoms with Crippen molar-refractivity contribution in [3.63, 3.8) is 0 Å².